The number of benzene rings is 1. The van der Waals surface area contributed by atoms with E-state index in [-0.39, 0.29) is 62.4 Å². The Kier molecular flexibility index (Phi) is 16.9. The second kappa shape index (κ2) is 17.8. The van der Waals surface area contributed by atoms with Crippen LogP contribution in [0.1, 0.15) is 116 Å². The molecule has 2 rings (SSSR count). The summed E-state index contributed by atoms with van der Waals surface area (Å²) in [5.74, 6) is 0. The van der Waals surface area contributed by atoms with Crippen LogP contribution in [-0.2, 0) is 10.1 Å². The van der Waals surface area contributed by atoms with Crippen LogP contribution in [0.3, 0.4) is 0 Å². The van der Waals surface area contributed by atoms with Crippen molar-refractivity contribution in [2.75, 3.05) is 10.6 Å². The maximum atomic E-state index is 11.4. The summed E-state index contributed by atoms with van der Waals surface area (Å²) in [5, 5.41) is 6.46. The Hall–Kier alpha value is 0.366. The van der Waals surface area contributed by atoms with Gasteiger partial charge in [-0.2, -0.15) is 0 Å². The smallest absolute Gasteiger partial charge is 0.744 e. The molecule has 0 amide bonds. The van der Waals surface area contributed by atoms with Gasteiger partial charge in [0, 0.05) is 0 Å². The van der Waals surface area contributed by atoms with Gasteiger partial charge in [-0.15, -0.1) is 0 Å². The van der Waals surface area contributed by atoms with Gasteiger partial charge < -0.3 is 15.2 Å². The zero-order valence-corrected chi connectivity index (χ0v) is 24.4. The van der Waals surface area contributed by atoms with Crippen LogP contribution < -0.4 is 62.0 Å². The Morgan fingerprint density at radius 3 is 1.69 bits per heavy atom. The van der Waals surface area contributed by atoms with E-state index in [1.165, 1.54) is 102 Å². The fourth-order valence-corrected chi connectivity index (χ4v) is 5.11. The van der Waals surface area contributed by atoms with Gasteiger partial charge in [-0.05, 0) is 25.0 Å². The molecule has 0 spiro atoms. The summed E-state index contributed by atoms with van der Waals surface area (Å²) in [6.07, 6.45) is 22.5. The number of rotatable bonds is 18. The molecule has 1 unspecified atom stereocenters. The normalized spacial score (nSPS) is 15.0. The van der Waals surface area contributed by atoms with E-state index in [4.69, 9.17) is 0 Å². The van der Waals surface area contributed by atoms with Crippen molar-refractivity contribution < 1.29 is 64.4 Å². The molecule has 0 saturated carbocycles. The Balaban J connectivity index is 0.00000512. The van der Waals surface area contributed by atoms with Crippen molar-refractivity contribution in [1.29, 1.82) is 0 Å². The third-order valence-corrected chi connectivity index (χ3v) is 7.17. The summed E-state index contributed by atoms with van der Waals surface area (Å²) in [6.45, 7) is 2.27. The van der Waals surface area contributed by atoms with Crippen LogP contribution in [0.25, 0.3) is 0 Å². The molecule has 0 radical (unpaired) electrons. The van der Waals surface area contributed by atoms with Crippen LogP contribution in [0.4, 0.5) is 11.4 Å². The number of hydrogen-bond acceptors (Lipinski definition) is 5. The van der Waals surface area contributed by atoms with Crippen LogP contribution in [0.5, 0.6) is 0 Å². The van der Waals surface area contributed by atoms with E-state index in [2.05, 4.69) is 17.6 Å². The Morgan fingerprint density at radius 2 is 1.22 bits per heavy atom. The van der Waals surface area contributed by atoms with Crippen molar-refractivity contribution in [3.63, 3.8) is 0 Å². The molecule has 0 aromatic heterocycles. The number of anilines is 2. The van der Waals surface area contributed by atoms with Crippen molar-refractivity contribution in [2.45, 2.75) is 127 Å². The zero-order valence-electron chi connectivity index (χ0n) is 20.5. The van der Waals surface area contributed by atoms with Crippen molar-refractivity contribution in [1.82, 2.24) is 0 Å². The Labute approximate surface area is 239 Å². The first-order valence-electron chi connectivity index (χ1n) is 12.6. The molecule has 1 aromatic carbocycles. The molecule has 2 N–H and O–H groups in total. The molecule has 0 aliphatic carbocycles. The molecule has 0 fully saturated rings. The summed E-state index contributed by atoms with van der Waals surface area (Å²) >= 11 is 0. The van der Waals surface area contributed by atoms with Gasteiger partial charge in [0.1, 0.15) is 10.1 Å². The largest absolute Gasteiger partial charge is 1.00 e. The van der Waals surface area contributed by atoms with Crippen LogP contribution in [0.15, 0.2) is 23.1 Å². The van der Waals surface area contributed by atoms with Gasteiger partial charge >= 0.3 is 51.4 Å². The van der Waals surface area contributed by atoms with E-state index in [0.717, 1.165) is 12.8 Å². The molecule has 0 saturated heterocycles. The van der Waals surface area contributed by atoms with E-state index in [1.54, 1.807) is 6.07 Å². The maximum absolute atomic E-state index is 11.4. The van der Waals surface area contributed by atoms with Crippen molar-refractivity contribution >= 4 is 21.5 Å². The van der Waals surface area contributed by atoms with Gasteiger partial charge in [0.25, 0.3) is 0 Å². The Morgan fingerprint density at radius 1 is 0.750 bits per heavy atom. The molecular weight excluding hydrogens is 447 g/mol. The summed E-state index contributed by atoms with van der Waals surface area (Å²) in [5.41, 5.74) is 1.14. The zero-order chi connectivity index (χ0) is 22.4. The first kappa shape index (κ1) is 30.4. The Bertz CT molecular complexity index is 728. The number of hydrogen-bond donors (Lipinski definition) is 2. The molecular formula is C25H43KN2O3S. The third-order valence-electron chi connectivity index (χ3n) is 6.29. The molecule has 1 heterocycles. The van der Waals surface area contributed by atoms with Crippen LogP contribution in [0.2, 0.25) is 0 Å². The fourth-order valence-electron chi connectivity index (χ4n) is 4.45. The fraction of sp³-hybridized carbons (Fsp3) is 0.760. The average molecular weight is 491 g/mol. The monoisotopic (exact) mass is 490 g/mol. The van der Waals surface area contributed by atoms with Gasteiger partial charge in [-0.25, -0.2) is 8.42 Å². The predicted molar refractivity (Wildman–Crippen MR) is 130 cm³/mol. The molecule has 1 aliphatic heterocycles. The molecule has 1 atom stereocenters. The standard InChI is InChI=1S/C25H44N2O3S.K/c1-2-3-4-5-6-7-8-9-10-11-12-13-14-15-16-17-21-24-26-22-19-18-20-23(25(22)27-24)31(28,29)30;/h18-20,24,26-27H,2-17,21H2,1H3,(H,28,29,30);/q;+1/p-1. The van der Waals surface area contributed by atoms with Gasteiger partial charge in [-0.1, -0.05) is 109 Å². The first-order valence-corrected chi connectivity index (χ1v) is 14.0. The minimum Gasteiger partial charge on any atom is -0.744 e. The van der Waals surface area contributed by atoms with Gasteiger partial charge in [0.15, 0.2) is 0 Å². The molecule has 1 aliphatic rings. The molecule has 178 valence electrons. The van der Waals surface area contributed by atoms with Crippen LogP contribution in [-0.4, -0.2) is 19.1 Å². The van der Waals surface area contributed by atoms with Crippen LogP contribution >= 0.6 is 0 Å². The maximum Gasteiger partial charge on any atom is 1.00 e. The number of fused-ring (bicyclic) bond motifs is 1. The van der Waals surface area contributed by atoms with Crippen LogP contribution in [0, 0.1) is 0 Å². The molecule has 5 nitrogen and oxygen atoms in total. The van der Waals surface area contributed by atoms with Gasteiger partial charge in [0.05, 0.1) is 22.4 Å². The molecule has 32 heavy (non-hydrogen) atoms. The van der Waals surface area contributed by atoms with E-state index in [9.17, 15) is 13.0 Å². The second-order valence-electron chi connectivity index (χ2n) is 9.07. The molecule has 7 heteroatoms. The van der Waals surface area contributed by atoms with E-state index in [0.29, 0.717) is 11.4 Å². The third kappa shape index (κ3) is 12.2. The van der Waals surface area contributed by atoms with Gasteiger partial charge in [-0.3, -0.25) is 0 Å². The van der Waals surface area contributed by atoms with Crippen molar-refractivity contribution in [3.8, 4) is 0 Å². The van der Waals surface area contributed by atoms with Crippen molar-refractivity contribution in [3.05, 3.63) is 18.2 Å². The second-order valence-corrected chi connectivity index (χ2v) is 10.4. The minimum absolute atomic E-state index is 0. The van der Waals surface area contributed by atoms with Gasteiger partial charge in [0.2, 0.25) is 0 Å². The number of unbranched alkanes of at least 4 members (excludes halogenated alkanes) is 15. The first-order chi connectivity index (χ1) is 15.0. The van der Waals surface area contributed by atoms with E-state index < -0.39 is 10.1 Å². The average Bonchev–Trinajstić information content (AvgIpc) is 3.15. The summed E-state index contributed by atoms with van der Waals surface area (Å²) in [4.78, 5) is -0.160. The van der Waals surface area contributed by atoms with E-state index in [1.807, 2.05) is 6.07 Å². The van der Waals surface area contributed by atoms with E-state index >= 15 is 0 Å². The summed E-state index contributed by atoms with van der Waals surface area (Å²) < 4.78 is 34.2. The van der Waals surface area contributed by atoms with Crippen molar-refractivity contribution in [2.24, 2.45) is 0 Å². The quantitative estimate of drug-likeness (QED) is 0.181. The number of para-hydroxylation sites is 1. The molecule has 0 bridgehead atoms. The summed E-state index contributed by atoms with van der Waals surface area (Å²) in [6, 6.07) is 4.78. The number of nitrogens with one attached hydrogen (secondary N) is 2. The topological polar surface area (TPSA) is 81.3 Å². The molecule has 1 aromatic rings. The summed E-state index contributed by atoms with van der Waals surface area (Å²) in [7, 11) is -4.46. The predicted octanol–water partition coefficient (Wildman–Crippen LogP) is 4.41. The minimum atomic E-state index is -4.46. The SMILES string of the molecule is CCCCCCCCCCCCCCCCCCC1Nc2cccc(S(=O)(=O)[O-])c2N1.[K+].